The molecule has 1 amide bonds. The lowest BCUT2D eigenvalue weighted by Crippen LogP contribution is -2.46. The van der Waals surface area contributed by atoms with Gasteiger partial charge in [0.25, 0.3) is 0 Å². The molecule has 4 rings (SSSR count). The van der Waals surface area contributed by atoms with E-state index in [1.807, 2.05) is 19.1 Å². The van der Waals surface area contributed by atoms with E-state index in [-0.39, 0.29) is 24.4 Å². The Labute approximate surface area is 217 Å². The molecule has 0 bridgehead atoms. The van der Waals surface area contributed by atoms with Crippen LogP contribution in [0, 0.1) is 11.6 Å². The van der Waals surface area contributed by atoms with Gasteiger partial charge in [0.1, 0.15) is 11.6 Å². The van der Waals surface area contributed by atoms with E-state index in [2.05, 4.69) is 23.3 Å². The Morgan fingerprint density at radius 2 is 1.70 bits per heavy atom. The van der Waals surface area contributed by atoms with E-state index in [0.29, 0.717) is 16.7 Å². The smallest absolute Gasteiger partial charge is 0.352 e. The molecule has 196 valence electrons. The minimum Gasteiger partial charge on any atom is -0.352 e. The average molecular weight is 535 g/mol. The van der Waals surface area contributed by atoms with Gasteiger partial charge in [0.15, 0.2) is 0 Å². The maximum atomic E-state index is 13.9. The number of benzene rings is 3. The van der Waals surface area contributed by atoms with Crippen LogP contribution in [0.4, 0.5) is 22.0 Å². The van der Waals surface area contributed by atoms with E-state index in [0.717, 1.165) is 29.7 Å². The summed E-state index contributed by atoms with van der Waals surface area (Å²) in [5.41, 5.74) is 2.62. The summed E-state index contributed by atoms with van der Waals surface area (Å²) in [6, 6.07) is 11.7. The zero-order valence-electron chi connectivity index (χ0n) is 20.3. The average Bonchev–Trinajstić information content (AvgIpc) is 3.13. The van der Waals surface area contributed by atoms with Crippen molar-refractivity contribution >= 4 is 18.5 Å². The third-order valence-corrected chi connectivity index (χ3v) is 7.12. The van der Waals surface area contributed by atoms with Gasteiger partial charge >= 0.3 is 6.18 Å². The fraction of sp³-hybridized carbons (Fsp3) is 0.321. The van der Waals surface area contributed by atoms with Crippen molar-refractivity contribution in [1.82, 2.24) is 10.6 Å². The van der Waals surface area contributed by atoms with Crippen LogP contribution in [0.3, 0.4) is 0 Å². The number of rotatable bonds is 8. The van der Waals surface area contributed by atoms with Gasteiger partial charge in [0.05, 0.1) is 11.6 Å². The number of alkyl halides is 3. The van der Waals surface area contributed by atoms with Gasteiger partial charge in [-0.2, -0.15) is 25.8 Å². The predicted octanol–water partition coefficient (Wildman–Crippen LogP) is 6.25. The Kier molecular flexibility index (Phi) is 7.94. The zero-order chi connectivity index (χ0) is 26.9. The van der Waals surface area contributed by atoms with Gasteiger partial charge in [0, 0.05) is 30.8 Å². The molecule has 0 aliphatic heterocycles. The van der Waals surface area contributed by atoms with Crippen molar-refractivity contribution in [3.05, 3.63) is 94.0 Å². The van der Waals surface area contributed by atoms with Crippen molar-refractivity contribution in [3.8, 4) is 11.1 Å². The van der Waals surface area contributed by atoms with Crippen LogP contribution in [-0.2, 0) is 23.8 Å². The molecule has 0 heterocycles. The van der Waals surface area contributed by atoms with Gasteiger partial charge < -0.3 is 10.6 Å². The van der Waals surface area contributed by atoms with Crippen molar-refractivity contribution in [2.45, 2.75) is 50.2 Å². The molecule has 9 heteroatoms. The lowest BCUT2D eigenvalue weighted by molar-refractivity contribution is -0.137. The second-order valence-corrected chi connectivity index (χ2v) is 9.90. The summed E-state index contributed by atoms with van der Waals surface area (Å²) < 4.78 is 69.1. The van der Waals surface area contributed by atoms with Crippen LogP contribution in [0.1, 0.15) is 47.7 Å². The van der Waals surface area contributed by atoms with Crippen LogP contribution in [-0.4, -0.2) is 23.7 Å². The summed E-state index contributed by atoms with van der Waals surface area (Å²) in [5, 5.41) is 5.61. The molecule has 0 radical (unpaired) electrons. The number of halogens is 5. The maximum Gasteiger partial charge on any atom is 0.417 e. The molecular formula is C28H27F5N2OS. The summed E-state index contributed by atoms with van der Waals surface area (Å²) in [6.45, 7) is 3.52. The predicted molar refractivity (Wildman–Crippen MR) is 137 cm³/mol. The summed E-state index contributed by atoms with van der Waals surface area (Å²) in [4.78, 5) is 11.9. The molecule has 37 heavy (non-hydrogen) atoms. The Morgan fingerprint density at radius 3 is 2.32 bits per heavy atom. The van der Waals surface area contributed by atoms with Crippen molar-refractivity contribution in [2.24, 2.45) is 0 Å². The Hall–Kier alpha value is -2.91. The highest BCUT2D eigenvalue weighted by molar-refractivity contribution is 7.81. The summed E-state index contributed by atoms with van der Waals surface area (Å²) >= 11 is 4.66. The number of thiol groups is 1. The van der Waals surface area contributed by atoms with Crippen LogP contribution in [0.2, 0.25) is 0 Å². The van der Waals surface area contributed by atoms with Crippen LogP contribution in [0.15, 0.2) is 54.6 Å². The number of nitrogens with one attached hydrogen (secondary N) is 2. The number of aryl methyl sites for hydroxylation is 1. The third-order valence-electron chi connectivity index (χ3n) is 6.58. The van der Waals surface area contributed by atoms with Crippen LogP contribution >= 0.6 is 12.6 Å². The molecule has 0 saturated carbocycles. The highest BCUT2D eigenvalue weighted by Gasteiger charge is 2.40. The van der Waals surface area contributed by atoms with Crippen molar-refractivity contribution in [2.75, 3.05) is 6.54 Å². The number of carbonyl (C=O) groups excluding carboxylic acids is 1. The minimum atomic E-state index is -4.51. The van der Waals surface area contributed by atoms with Gasteiger partial charge in [-0.3, -0.25) is 4.79 Å². The van der Waals surface area contributed by atoms with Gasteiger partial charge in [-0.1, -0.05) is 37.3 Å². The first-order valence-corrected chi connectivity index (χ1v) is 12.5. The molecule has 3 aromatic carbocycles. The highest BCUT2D eigenvalue weighted by atomic mass is 32.1. The van der Waals surface area contributed by atoms with Gasteiger partial charge in [-0.05, 0) is 64.4 Å². The lowest BCUT2D eigenvalue weighted by Gasteiger charge is -2.27. The molecule has 1 aliphatic carbocycles. The van der Waals surface area contributed by atoms with E-state index in [1.165, 1.54) is 25.1 Å². The molecule has 0 fully saturated rings. The number of carbonyl (C=O) groups is 1. The molecule has 1 aliphatic rings. The molecule has 0 aromatic heterocycles. The maximum absolute atomic E-state index is 13.9. The summed E-state index contributed by atoms with van der Waals surface area (Å²) in [5.74, 6) is -1.78. The second kappa shape index (κ2) is 10.8. The molecule has 0 spiro atoms. The molecule has 2 N–H and O–H groups in total. The molecular weight excluding hydrogens is 507 g/mol. The molecule has 1 unspecified atom stereocenters. The highest BCUT2D eigenvalue weighted by Crippen LogP contribution is 2.49. The Bertz CT molecular complexity index is 1290. The van der Waals surface area contributed by atoms with E-state index in [9.17, 15) is 26.7 Å². The third kappa shape index (κ3) is 5.99. The number of amides is 1. The van der Waals surface area contributed by atoms with Crippen LogP contribution < -0.4 is 10.6 Å². The largest absolute Gasteiger partial charge is 0.417 e. The molecule has 3 nitrogen and oxygen atoms in total. The standard InChI is InChI=1S/C28H27F5N2OS/c1-3-16-7-8-20-22(11-16)27(21-5-4-6-23(26(20)21)28(31,32)33)34-14-25(37)24(35-15(2)36)12-17-9-18(29)13-19(30)10-17/h4-11,13,24-25,27,34,37H,3,12,14H2,1-2H3,(H,35,36)/t24-,25+,27?/m0/s1. The van der Waals surface area contributed by atoms with Gasteiger partial charge in [-0.15, -0.1) is 0 Å². The zero-order valence-corrected chi connectivity index (χ0v) is 21.2. The van der Waals surface area contributed by atoms with Crippen LogP contribution in [0.5, 0.6) is 0 Å². The molecule has 0 saturated heterocycles. The first-order valence-electron chi connectivity index (χ1n) is 11.9. The normalized spacial score (nSPS) is 16.2. The SMILES string of the molecule is CCc1ccc2c(c1)C(NC[C@@H](S)[C@H](Cc1cc(F)cc(F)c1)NC(C)=O)c1cccc(C(F)(F)F)c1-2. The number of hydrogen-bond donors (Lipinski definition) is 3. The first-order chi connectivity index (χ1) is 17.5. The summed E-state index contributed by atoms with van der Waals surface area (Å²) in [6.07, 6.45) is -3.66. The van der Waals surface area contributed by atoms with Crippen molar-refractivity contribution in [1.29, 1.82) is 0 Å². The molecule has 3 atom stereocenters. The quantitative estimate of drug-likeness (QED) is 0.236. The Balaban J connectivity index is 1.63. The Morgan fingerprint density at radius 1 is 1.00 bits per heavy atom. The van der Waals surface area contributed by atoms with E-state index in [1.54, 1.807) is 12.1 Å². The topological polar surface area (TPSA) is 41.1 Å². The first kappa shape index (κ1) is 27.1. The van der Waals surface area contributed by atoms with E-state index < -0.39 is 40.7 Å². The summed E-state index contributed by atoms with van der Waals surface area (Å²) in [7, 11) is 0. The van der Waals surface area contributed by atoms with E-state index >= 15 is 0 Å². The fourth-order valence-corrected chi connectivity index (χ4v) is 5.23. The van der Waals surface area contributed by atoms with Crippen molar-refractivity contribution < 1.29 is 26.7 Å². The number of hydrogen-bond acceptors (Lipinski definition) is 3. The van der Waals surface area contributed by atoms with E-state index in [4.69, 9.17) is 0 Å². The minimum absolute atomic E-state index is 0.125. The lowest BCUT2D eigenvalue weighted by atomic mass is 9.98. The monoisotopic (exact) mass is 534 g/mol. The fourth-order valence-electron chi connectivity index (χ4n) is 4.94. The van der Waals surface area contributed by atoms with Gasteiger partial charge in [-0.25, -0.2) is 8.78 Å². The number of fused-ring (bicyclic) bond motifs is 3. The van der Waals surface area contributed by atoms with Gasteiger partial charge in [0.2, 0.25) is 5.91 Å². The second-order valence-electron chi connectivity index (χ2n) is 9.24. The molecule has 3 aromatic rings. The van der Waals surface area contributed by atoms with Crippen molar-refractivity contribution in [3.63, 3.8) is 0 Å². The van der Waals surface area contributed by atoms with Crippen LogP contribution in [0.25, 0.3) is 11.1 Å².